The number of carbonyl (C=O) groups is 2. The number of carbonyl (C=O) groups excluding carboxylic acids is 2. The summed E-state index contributed by atoms with van der Waals surface area (Å²) in [4.78, 5) is 49.8. The Hall–Kier alpha value is -3.86. The molecule has 2 amide bonds. The molecule has 12 heteroatoms. The lowest BCUT2D eigenvalue weighted by Crippen LogP contribution is -2.46. The van der Waals surface area contributed by atoms with E-state index in [0.29, 0.717) is 54.7 Å². The highest BCUT2D eigenvalue weighted by molar-refractivity contribution is 6.32. The zero-order chi connectivity index (χ0) is 29.2. The van der Waals surface area contributed by atoms with Crippen molar-refractivity contribution in [3.8, 4) is 5.69 Å². The predicted octanol–water partition coefficient (Wildman–Crippen LogP) is 3.07. The van der Waals surface area contributed by atoms with E-state index < -0.39 is 11.5 Å². The Balaban J connectivity index is 1.41. The molecule has 0 spiro atoms. The minimum atomic E-state index is -0.427. The first-order valence-electron chi connectivity index (χ1n) is 13.4. The number of nitrogens with zero attached hydrogens (tertiary/aromatic N) is 5. The number of nitrogen functional groups attached to an aromatic ring is 1. The molecule has 4 rings (SSSR count). The third-order valence-corrected chi connectivity index (χ3v) is 7.49. The number of nitrogens with two attached hydrogens (primary N) is 1. The SMILES string of the molecule is Cc1c(C(=O)NC2CCN(c3nc(C(=O)NCCC(C)(C)C)cnc3N)CC2)c(=O)n(-c2ccccc2Cl)n1C. The minimum absolute atomic E-state index is 0.0881. The average Bonchev–Trinajstić information content (AvgIpc) is 3.12. The van der Waals surface area contributed by atoms with Crippen molar-refractivity contribution in [3.63, 3.8) is 0 Å². The summed E-state index contributed by atoms with van der Waals surface area (Å²) in [5, 5.41) is 6.33. The van der Waals surface area contributed by atoms with Gasteiger partial charge in [0.15, 0.2) is 11.6 Å². The summed E-state index contributed by atoms with van der Waals surface area (Å²) in [6.45, 7) is 9.73. The second-order valence-electron chi connectivity index (χ2n) is 11.3. The molecule has 214 valence electrons. The lowest BCUT2D eigenvalue weighted by molar-refractivity contribution is 0.0924. The number of halogens is 1. The summed E-state index contributed by atoms with van der Waals surface area (Å²) in [5.41, 5.74) is 7.14. The summed E-state index contributed by atoms with van der Waals surface area (Å²) in [6.07, 6.45) is 3.44. The second kappa shape index (κ2) is 11.7. The fourth-order valence-electron chi connectivity index (χ4n) is 4.73. The molecule has 0 radical (unpaired) electrons. The Labute approximate surface area is 238 Å². The number of aromatic nitrogens is 4. The highest BCUT2D eigenvalue weighted by Gasteiger charge is 2.28. The molecular weight excluding hydrogens is 532 g/mol. The number of para-hydroxylation sites is 1. The van der Waals surface area contributed by atoms with E-state index in [1.165, 1.54) is 10.9 Å². The smallest absolute Gasteiger partial charge is 0.284 e. The topological polar surface area (TPSA) is 140 Å². The number of hydrogen-bond donors (Lipinski definition) is 3. The number of rotatable bonds is 7. The number of benzene rings is 1. The van der Waals surface area contributed by atoms with Gasteiger partial charge in [-0.05, 0) is 43.7 Å². The van der Waals surface area contributed by atoms with E-state index in [-0.39, 0.29) is 34.4 Å². The fourth-order valence-corrected chi connectivity index (χ4v) is 4.95. The molecule has 3 heterocycles. The first kappa shape index (κ1) is 29.1. The minimum Gasteiger partial charge on any atom is -0.381 e. The highest BCUT2D eigenvalue weighted by atomic mass is 35.5. The van der Waals surface area contributed by atoms with Gasteiger partial charge in [-0.2, -0.15) is 0 Å². The zero-order valence-electron chi connectivity index (χ0n) is 23.6. The molecule has 1 aliphatic heterocycles. The van der Waals surface area contributed by atoms with Crippen LogP contribution in [0.25, 0.3) is 5.69 Å². The Bertz CT molecular complexity index is 1470. The molecule has 1 saturated heterocycles. The van der Waals surface area contributed by atoms with Gasteiger partial charge in [-0.1, -0.05) is 44.5 Å². The van der Waals surface area contributed by atoms with Gasteiger partial charge >= 0.3 is 0 Å². The van der Waals surface area contributed by atoms with Gasteiger partial charge < -0.3 is 21.3 Å². The van der Waals surface area contributed by atoms with E-state index in [2.05, 4.69) is 41.4 Å². The number of amides is 2. The molecule has 3 aromatic rings. The van der Waals surface area contributed by atoms with Crippen molar-refractivity contribution in [3.05, 3.63) is 62.8 Å². The normalized spacial score (nSPS) is 14.3. The predicted molar refractivity (Wildman–Crippen MR) is 156 cm³/mol. The van der Waals surface area contributed by atoms with Gasteiger partial charge in [0.2, 0.25) is 0 Å². The van der Waals surface area contributed by atoms with Crippen LogP contribution in [0.5, 0.6) is 0 Å². The molecular formula is C28H37ClN8O3. The van der Waals surface area contributed by atoms with Crippen LogP contribution in [-0.4, -0.2) is 56.8 Å². The molecule has 0 unspecified atom stereocenters. The van der Waals surface area contributed by atoms with Crippen molar-refractivity contribution in [2.75, 3.05) is 30.3 Å². The lowest BCUT2D eigenvalue weighted by atomic mass is 9.92. The summed E-state index contributed by atoms with van der Waals surface area (Å²) in [6, 6.07) is 6.86. The van der Waals surface area contributed by atoms with E-state index in [4.69, 9.17) is 17.3 Å². The Morgan fingerprint density at radius 2 is 1.82 bits per heavy atom. The molecule has 0 bridgehead atoms. The van der Waals surface area contributed by atoms with Crippen LogP contribution in [0.3, 0.4) is 0 Å². The molecule has 1 aliphatic rings. The van der Waals surface area contributed by atoms with Gasteiger partial charge in [-0.25, -0.2) is 14.6 Å². The van der Waals surface area contributed by atoms with Crippen molar-refractivity contribution in [2.45, 2.75) is 53.0 Å². The van der Waals surface area contributed by atoms with Gasteiger partial charge in [-0.15, -0.1) is 0 Å². The largest absolute Gasteiger partial charge is 0.381 e. The van der Waals surface area contributed by atoms with Crippen LogP contribution >= 0.6 is 11.6 Å². The number of hydrogen-bond acceptors (Lipinski definition) is 7. The van der Waals surface area contributed by atoms with Crippen LogP contribution in [0, 0.1) is 12.3 Å². The fraction of sp³-hybridized carbons (Fsp3) is 0.464. The highest BCUT2D eigenvalue weighted by Crippen LogP contribution is 2.24. The number of anilines is 2. The van der Waals surface area contributed by atoms with Gasteiger partial charge in [0.05, 0.1) is 22.6 Å². The molecule has 2 aromatic heterocycles. The first-order chi connectivity index (χ1) is 18.9. The molecule has 1 fully saturated rings. The zero-order valence-corrected chi connectivity index (χ0v) is 24.4. The Morgan fingerprint density at radius 1 is 1.15 bits per heavy atom. The van der Waals surface area contributed by atoms with Crippen LogP contribution in [0.1, 0.15) is 66.6 Å². The van der Waals surface area contributed by atoms with Crippen molar-refractivity contribution in [2.24, 2.45) is 12.5 Å². The lowest BCUT2D eigenvalue weighted by Gasteiger charge is -2.33. The molecule has 0 aliphatic carbocycles. The van der Waals surface area contributed by atoms with Crippen molar-refractivity contribution >= 4 is 35.1 Å². The third kappa shape index (κ3) is 6.30. The van der Waals surface area contributed by atoms with Gasteiger partial charge in [0, 0.05) is 32.7 Å². The van der Waals surface area contributed by atoms with Gasteiger partial charge in [0.1, 0.15) is 11.3 Å². The van der Waals surface area contributed by atoms with Crippen molar-refractivity contribution < 1.29 is 9.59 Å². The monoisotopic (exact) mass is 568 g/mol. The second-order valence-corrected chi connectivity index (χ2v) is 11.7. The Morgan fingerprint density at radius 3 is 2.48 bits per heavy atom. The van der Waals surface area contributed by atoms with E-state index >= 15 is 0 Å². The van der Waals surface area contributed by atoms with Crippen molar-refractivity contribution in [1.29, 1.82) is 0 Å². The van der Waals surface area contributed by atoms with E-state index in [1.54, 1.807) is 42.9 Å². The summed E-state index contributed by atoms with van der Waals surface area (Å²) in [5.74, 6) is -0.0139. The molecule has 40 heavy (non-hydrogen) atoms. The van der Waals surface area contributed by atoms with Crippen LogP contribution in [0.4, 0.5) is 11.6 Å². The van der Waals surface area contributed by atoms with Crippen LogP contribution in [0.2, 0.25) is 5.02 Å². The van der Waals surface area contributed by atoms with Crippen molar-refractivity contribution in [1.82, 2.24) is 30.0 Å². The van der Waals surface area contributed by atoms with Gasteiger partial charge in [-0.3, -0.25) is 19.1 Å². The van der Waals surface area contributed by atoms with Crippen LogP contribution in [-0.2, 0) is 7.05 Å². The summed E-state index contributed by atoms with van der Waals surface area (Å²) in [7, 11) is 1.72. The van der Waals surface area contributed by atoms with Crippen LogP contribution in [0.15, 0.2) is 35.3 Å². The van der Waals surface area contributed by atoms with Crippen LogP contribution < -0.4 is 26.8 Å². The van der Waals surface area contributed by atoms with E-state index in [1.807, 2.05) is 4.90 Å². The summed E-state index contributed by atoms with van der Waals surface area (Å²) >= 11 is 6.32. The average molecular weight is 569 g/mol. The number of piperidine rings is 1. The maximum absolute atomic E-state index is 13.3. The molecule has 0 atom stereocenters. The Kier molecular flexibility index (Phi) is 8.53. The quantitative estimate of drug-likeness (QED) is 0.398. The maximum Gasteiger partial charge on any atom is 0.284 e. The molecule has 1 aromatic carbocycles. The number of nitrogens with one attached hydrogen (secondary N) is 2. The van der Waals surface area contributed by atoms with E-state index in [0.717, 1.165) is 6.42 Å². The van der Waals surface area contributed by atoms with E-state index in [9.17, 15) is 14.4 Å². The third-order valence-electron chi connectivity index (χ3n) is 7.17. The molecule has 11 nitrogen and oxygen atoms in total. The maximum atomic E-state index is 13.3. The van der Waals surface area contributed by atoms with Gasteiger partial charge in [0.25, 0.3) is 17.4 Å². The standard InChI is InChI=1S/C28H37ClN8O3/c1-17-22(27(40)37(35(17)5)21-9-7-6-8-19(21)29)26(39)33-18-10-14-36(15-11-18)24-23(30)32-16-20(34-24)25(38)31-13-12-28(2,3)4/h6-9,16,18H,10-15H2,1-5H3,(H2,30,32)(H,31,38)(H,33,39). The molecule has 4 N–H and O–H groups in total. The summed E-state index contributed by atoms with van der Waals surface area (Å²) < 4.78 is 3.04. The first-order valence-corrected chi connectivity index (χ1v) is 13.7. The molecule has 0 saturated carbocycles.